The van der Waals surface area contributed by atoms with Gasteiger partial charge in [-0.05, 0) is 27.7 Å². The van der Waals surface area contributed by atoms with E-state index in [2.05, 4.69) is 9.46 Å². The summed E-state index contributed by atoms with van der Waals surface area (Å²) in [4.78, 5) is 11.1. The van der Waals surface area contributed by atoms with Gasteiger partial charge in [0, 0.05) is 11.4 Å². The molecule has 6 nitrogen and oxygen atoms in total. The first-order valence-electron chi connectivity index (χ1n) is 4.66. The van der Waals surface area contributed by atoms with Crippen molar-refractivity contribution in [3.8, 4) is 0 Å². The van der Waals surface area contributed by atoms with Gasteiger partial charge in [0.2, 0.25) is 0 Å². The van der Waals surface area contributed by atoms with Crippen LogP contribution < -0.4 is 9.44 Å². The molecule has 0 heterocycles. The van der Waals surface area contributed by atoms with E-state index in [1.54, 1.807) is 32.4 Å². The first-order chi connectivity index (χ1) is 7.08. The second-order valence-electron chi connectivity index (χ2n) is 4.18. The lowest BCUT2D eigenvalue weighted by Gasteiger charge is -2.22. The zero-order valence-electron chi connectivity index (χ0n) is 9.70. The Morgan fingerprint density at radius 2 is 1.94 bits per heavy atom. The lowest BCUT2D eigenvalue weighted by molar-refractivity contribution is 0.121. The number of amides is 1. The van der Waals surface area contributed by atoms with Crippen LogP contribution >= 0.6 is 11.6 Å². The Kier molecular flexibility index (Phi) is 5.51. The third-order valence-electron chi connectivity index (χ3n) is 1.31. The molecule has 0 aliphatic heterocycles. The summed E-state index contributed by atoms with van der Waals surface area (Å²) in [6.45, 7) is 6.41. The van der Waals surface area contributed by atoms with Gasteiger partial charge in [0.25, 0.3) is 0 Å². The van der Waals surface area contributed by atoms with Crippen LogP contribution in [0.1, 0.15) is 27.7 Å². The average Bonchev–Trinajstić information content (AvgIpc) is 1.98. The Hall–Kier alpha value is -0.530. The molecule has 0 bridgehead atoms. The van der Waals surface area contributed by atoms with Crippen LogP contribution in [0.2, 0.25) is 0 Å². The number of ether oxygens (including phenoxy) is 1. The molecular formula is C8H17ClN2O4S. The summed E-state index contributed by atoms with van der Waals surface area (Å²) < 4.78 is 31.4. The number of hydrogen-bond donors (Lipinski definition) is 2. The first-order valence-corrected chi connectivity index (χ1v) is 6.68. The van der Waals surface area contributed by atoms with E-state index >= 15 is 0 Å². The Morgan fingerprint density at radius 1 is 1.44 bits per heavy atom. The summed E-state index contributed by atoms with van der Waals surface area (Å²) in [5, 5.41) is 0. The smallest absolute Gasteiger partial charge is 0.422 e. The summed E-state index contributed by atoms with van der Waals surface area (Å²) in [5.41, 5.74) is -0.842. The molecule has 0 saturated heterocycles. The van der Waals surface area contributed by atoms with Gasteiger partial charge in [0.15, 0.2) is 0 Å². The normalized spacial score (nSPS) is 12.6. The van der Waals surface area contributed by atoms with Gasteiger partial charge in [-0.2, -0.15) is 13.1 Å². The number of alkyl halides is 1. The third-order valence-corrected chi connectivity index (χ3v) is 3.23. The van der Waals surface area contributed by atoms with E-state index in [-0.39, 0.29) is 5.88 Å². The van der Waals surface area contributed by atoms with E-state index < -0.39 is 27.9 Å². The molecule has 0 radical (unpaired) electrons. The minimum Gasteiger partial charge on any atom is -0.446 e. The number of rotatable bonds is 5. The van der Waals surface area contributed by atoms with Crippen molar-refractivity contribution in [1.82, 2.24) is 9.44 Å². The maximum absolute atomic E-state index is 11.4. The summed E-state index contributed by atoms with van der Waals surface area (Å²) >= 11 is 5.55. The molecule has 0 aromatic heterocycles. The summed E-state index contributed by atoms with van der Waals surface area (Å²) in [6, 6.07) is 0. The van der Waals surface area contributed by atoms with Crippen LogP contribution in [-0.2, 0) is 14.9 Å². The Morgan fingerprint density at radius 3 is 2.31 bits per heavy atom. The topological polar surface area (TPSA) is 84.5 Å². The van der Waals surface area contributed by atoms with Crippen molar-refractivity contribution in [2.45, 2.75) is 39.3 Å². The molecule has 0 atom stereocenters. The molecule has 1 amide bonds. The molecule has 0 spiro atoms. The second kappa shape index (κ2) is 5.70. The number of nitrogens with one attached hydrogen (secondary N) is 2. The molecule has 2 N–H and O–H groups in total. The molecule has 96 valence electrons. The van der Waals surface area contributed by atoms with Crippen molar-refractivity contribution in [2.75, 3.05) is 5.88 Å². The fraction of sp³-hybridized carbons (Fsp3) is 0.875. The molecule has 0 aliphatic carbocycles. The Labute approximate surface area is 101 Å². The maximum atomic E-state index is 11.4. The van der Waals surface area contributed by atoms with E-state index in [9.17, 15) is 13.2 Å². The van der Waals surface area contributed by atoms with Crippen LogP contribution in [0, 0.1) is 0 Å². The molecule has 0 rings (SSSR count). The zero-order valence-corrected chi connectivity index (χ0v) is 11.3. The molecule has 0 aromatic carbocycles. The number of hydrogen-bond acceptors (Lipinski definition) is 4. The van der Waals surface area contributed by atoms with E-state index in [1.165, 1.54) is 0 Å². The number of halogens is 1. The van der Waals surface area contributed by atoms with E-state index in [0.717, 1.165) is 0 Å². The van der Waals surface area contributed by atoms with E-state index in [1.807, 2.05) is 0 Å². The van der Waals surface area contributed by atoms with Gasteiger partial charge in [0.05, 0.1) is 6.10 Å². The molecule has 0 unspecified atom stereocenters. The van der Waals surface area contributed by atoms with Gasteiger partial charge in [-0.1, -0.05) is 0 Å². The largest absolute Gasteiger partial charge is 0.446 e. The lowest BCUT2D eigenvalue weighted by atomic mass is 10.1. The predicted molar refractivity (Wildman–Crippen MR) is 61.6 cm³/mol. The zero-order chi connectivity index (χ0) is 13.0. The van der Waals surface area contributed by atoms with Gasteiger partial charge in [0.1, 0.15) is 0 Å². The highest BCUT2D eigenvalue weighted by molar-refractivity contribution is 7.88. The Balaban J connectivity index is 4.42. The van der Waals surface area contributed by atoms with Gasteiger partial charge in [-0.15, -0.1) is 11.6 Å². The van der Waals surface area contributed by atoms with E-state index in [4.69, 9.17) is 11.6 Å². The monoisotopic (exact) mass is 272 g/mol. The summed E-state index contributed by atoms with van der Waals surface area (Å²) in [6.07, 6.45) is -1.41. The summed E-state index contributed by atoms with van der Waals surface area (Å²) in [5.74, 6) is 0.0765. The fourth-order valence-corrected chi connectivity index (χ4v) is 2.03. The van der Waals surface area contributed by atoms with Crippen LogP contribution in [0.4, 0.5) is 4.79 Å². The molecule has 0 aromatic rings. The predicted octanol–water partition coefficient (Wildman–Crippen LogP) is 0.973. The molecule has 0 fully saturated rings. The van der Waals surface area contributed by atoms with E-state index in [0.29, 0.717) is 0 Å². The van der Waals surface area contributed by atoms with Crippen molar-refractivity contribution >= 4 is 27.9 Å². The van der Waals surface area contributed by atoms with Gasteiger partial charge in [-0.25, -0.2) is 9.52 Å². The average molecular weight is 273 g/mol. The van der Waals surface area contributed by atoms with Gasteiger partial charge in [-0.3, -0.25) is 0 Å². The number of carbonyl (C=O) groups is 1. The minimum absolute atomic E-state index is 0.0765. The third kappa shape index (κ3) is 6.86. The molecule has 8 heteroatoms. The van der Waals surface area contributed by atoms with Crippen LogP contribution in [-0.4, -0.2) is 32.0 Å². The highest BCUT2D eigenvalue weighted by atomic mass is 35.5. The quantitative estimate of drug-likeness (QED) is 0.731. The van der Waals surface area contributed by atoms with Crippen LogP contribution in [0.3, 0.4) is 0 Å². The Bertz CT molecular complexity index is 340. The second-order valence-corrected chi connectivity index (χ2v) is 5.86. The van der Waals surface area contributed by atoms with Crippen molar-refractivity contribution in [3.05, 3.63) is 0 Å². The molecule has 16 heavy (non-hydrogen) atoms. The fourth-order valence-electron chi connectivity index (χ4n) is 0.764. The lowest BCUT2D eigenvalue weighted by Crippen LogP contribution is -2.51. The molecule has 0 saturated carbocycles. The SMILES string of the molecule is CC(C)OC(=O)NS(=O)(=O)NC(C)(C)CCl. The standard InChI is InChI=1S/C8H17ClN2O4S/c1-6(2)15-7(12)10-16(13,14)11-8(3,4)5-9/h6,11H,5H2,1-4H3,(H,10,12). The minimum atomic E-state index is -3.96. The van der Waals surface area contributed by atoms with Crippen molar-refractivity contribution in [1.29, 1.82) is 0 Å². The highest BCUT2D eigenvalue weighted by Gasteiger charge is 2.25. The number of carbonyl (C=O) groups excluding carboxylic acids is 1. The highest BCUT2D eigenvalue weighted by Crippen LogP contribution is 2.05. The van der Waals surface area contributed by atoms with Crippen LogP contribution in [0.25, 0.3) is 0 Å². The van der Waals surface area contributed by atoms with Crippen LogP contribution in [0.5, 0.6) is 0 Å². The first kappa shape index (κ1) is 15.5. The van der Waals surface area contributed by atoms with Gasteiger partial charge < -0.3 is 4.74 Å². The van der Waals surface area contributed by atoms with Gasteiger partial charge >= 0.3 is 16.3 Å². The molecule has 0 aliphatic rings. The van der Waals surface area contributed by atoms with Crippen LogP contribution in [0.15, 0.2) is 0 Å². The maximum Gasteiger partial charge on any atom is 0.422 e. The van der Waals surface area contributed by atoms with Crippen molar-refractivity contribution < 1.29 is 17.9 Å². The molecular weight excluding hydrogens is 256 g/mol. The summed E-state index contributed by atoms with van der Waals surface area (Å²) in [7, 11) is -3.96. The van der Waals surface area contributed by atoms with Crippen molar-refractivity contribution in [2.24, 2.45) is 0 Å². The van der Waals surface area contributed by atoms with Crippen molar-refractivity contribution in [3.63, 3.8) is 0 Å².